The van der Waals surface area contributed by atoms with Crippen molar-refractivity contribution in [3.05, 3.63) is 24.3 Å². The Morgan fingerprint density at radius 2 is 1.90 bits per heavy atom. The van der Waals surface area contributed by atoms with Gasteiger partial charge in [-0.2, -0.15) is 0 Å². The molecule has 2 atom stereocenters. The fourth-order valence-corrected chi connectivity index (χ4v) is 0.919. The van der Waals surface area contributed by atoms with Gasteiger partial charge in [-0.15, -0.1) is 0 Å². The summed E-state index contributed by atoms with van der Waals surface area (Å²) < 4.78 is 0. The van der Waals surface area contributed by atoms with Gasteiger partial charge in [-0.3, -0.25) is 0 Å². The Hall–Kier alpha value is -0.520. The lowest BCUT2D eigenvalue weighted by molar-refractivity contribution is 0.530. The molecule has 0 bridgehead atoms. The molecule has 0 aromatic rings. The Morgan fingerprint density at radius 1 is 1.40 bits per heavy atom. The molecule has 0 rings (SSSR count). The van der Waals surface area contributed by atoms with Crippen molar-refractivity contribution in [1.82, 2.24) is 0 Å². The van der Waals surface area contributed by atoms with Crippen LogP contribution in [0.1, 0.15) is 27.7 Å². The fraction of sp³-hybridized carbons (Fsp3) is 0.600. The molecule has 58 valence electrons. The number of allylic oxidation sites excluding steroid dienone is 3. The Morgan fingerprint density at radius 3 is 2.20 bits per heavy atom. The maximum Gasteiger partial charge on any atom is -0.0177 e. The van der Waals surface area contributed by atoms with Crippen LogP contribution in [0, 0.1) is 11.8 Å². The average Bonchev–Trinajstić information content (AvgIpc) is 1.87. The first-order valence-corrected chi connectivity index (χ1v) is 3.87. The van der Waals surface area contributed by atoms with Gasteiger partial charge in [0.05, 0.1) is 0 Å². The lowest BCUT2D eigenvalue weighted by atomic mass is 9.90. The van der Waals surface area contributed by atoms with E-state index in [2.05, 4.69) is 46.4 Å². The van der Waals surface area contributed by atoms with Crippen LogP contribution in [0.4, 0.5) is 0 Å². The van der Waals surface area contributed by atoms with Crippen LogP contribution < -0.4 is 0 Å². The van der Waals surface area contributed by atoms with Crippen molar-refractivity contribution >= 4 is 0 Å². The number of rotatable bonds is 3. The Labute approximate surface area is 64.6 Å². The van der Waals surface area contributed by atoms with Gasteiger partial charge in [0, 0.05) is 0 Å². The van der Waals surface area contributed by atoms with Crippen LogP contribution >= 0.6 is 0 Å². The first-order chi connectivity index (χ1) is 4.59. The van der Waals surface area contributed by atoms with Crippen LogP contribution in [0.2, 0.25) is 0 Å². The first-order valence-electron chi connectivity index (χ1n) is 3.87. The lowest BCUT2D eigenvalue weighted by Gasteiger charge is -2.15. The molecule has 0 saturated heterocycles. The van der Waals surface area contributed by atoms with Crippen molar-refractivity contribution < 1.29 is 0 Å². The van der Waals surface area contributed by atoms with Gasteiger partial charge in [-0.25, -0.2) is 0 Å². The highest BCUT2D eigenvalue weighted by molar-refractivity contribution is 5.01. The molecule has 0 amide bonds. The lowest BCUT2D eigenvalue weighted by Crippen LogP contribution is -2.05. The van der Waals surface area contributed by atoms with Gasteiger partial charge < -0.3 is 0 Å². The van der Waals surface area contributed by atoms with Gasteiger partial charge >= 0.3 is 0 Å². The van der Waals surface area contributed by atoms with E-state index in [0.717, 1.165) is 0 Å². The molecule has 0 radical (unpaired) electrons. The van der Waals surface area contributed by atoms with E-state index in [4.69, 9.17) is 0 Å². The minimum Gasteiger partial charge on any atom is -0.0998 e. The van der Waals surface area contributed by atoms with Crippen LogP contribution in [0.15, 0.2) is 24.3 Å². The SMILES string of the molecule is C=C(C)C(C)C(C)C=CC. The third kappa shape index (κ3) is 2.86. The molecule has 0 aliphatic heterocycles. The molecule has 0 nitrogen and oxygen atoms in total. The Kier molecular flexibility index (Phi) is 4.10. The summed E-state index contributed by atoms with van der Waals surface area (Å²) in [5.41, 5.74) is 1.27. The van der Waals surface area contributed by atoms with Crippen molar-refractivity contribution in [2.24, 2.45) is 11.8 Å². The zero-order chi connectivity index (χ0) is 8.15. The van der Waals surface area contributed by atoms with E-state index in [9.17, 15) is 0 Å². The second-order valence-electron chi connectivity index (χ2n) is 3.02. The molecule has 10 heavy (non-hydrogen) atoms. The quantitative estimate of drug-likeness (QED) is 0.524. The highest BCUT2D eigenvalue weighted by Crippen LogP contribution is 2.18. The van der Waals surface area contributed by atoms with Gasteiger partial charge in [-0.1, -0.05) is 38.2 Å². The summed E-state index contributed by atoms with van der Waals surface area (Å²) in [4.78, 5) is 0. The van der Waals surface area contributed by atoms with Gasteiger partial charge in [0.15, 0.2) is 0 Å². The maximum absolute atomic E-state index is 3.92. The molecule has 0 saturated carbocycles. The summed E-state index contributed by atoms with van der Waals surface area (Å²) in [6.07, 6.45) is 4.32. The van der Waals surface area contributed by atoms with Crippen LogP contribution in [0.3, 0.4) is 0 Å². The van der Waals surface area contributed by atoms with Crippen molar-refractivity contribution in [3.8, 4) is 0 Å². The summed E-state index contributed by atoms with van der Waals surface area (Å²) >= 11 is 0. The smallest absolute Gasteiger partial charge is 0.0177 e. The van der Waals surface area contributed by atoms with Crippen LogP contribution in [-0.2, 0) is 0 Å². The molecule has 0 aliphatic rings. The zero-order valence-electron chi connectivity index (χ0n) is 7.52. The summed E-state index contributed by atoms with van der Waals surface area (Å²) in [5.74, 6) is 1.23. The van der Waals surface area contributed by atoms with Crippen molar-refractivity contribution in [2.75, 3.05) is 0 Å². The van der Waals surface area contributed by atoms with Gasteiger partial charge in [0.1, 0.15) is 0 Å². The van der Waals surface area contributed by atoms with Gasteiger partial charge in [0.25, 0.3) is 0 Å². The van der Waals surface area contributed by atoms with Crippen molar-refractivity contribution in [1.29, 1.82) is 0 Å². The highest BCUT2D eigenvalue weighted by Gasteiger charge is 2.07. The first kappa shape index (κ1) is 9.48. The normalized spacial score (nSPS) is 17.2. The van der Waals surface area contributed by atoms with Crippen LogP contribution in [0.5, 0.6) is 0 Å². The van der Waals surface area contributed by atoms with Crippen molar-refractivity contribution in [3.63, 3.8) is 0 Å². The fourth-order valence-electron chi connectivity index (χ4n) is 0.919. The predicted molar refractivity (Wildman–Crippen MR) is 48.0 cm³/mol. The molecule has 0 heteroatoms. The monoisotopic (exact) mass is 138 g/mol. The Bertz CT molecular complexity index is 131. The summed E-state index contributed by atoms with van der Waals surface area (Å²) in [7, 11) is 0. The van der Waals surface area contributed by atoms with E-state index in [1.54, 1.807) is 0 Å². The molecule has 0 N–H and O–H groups in total. The summed E-state index contributed by atoms with van der Waals surface area (Å²) in [6.45, 7) is 12.5. The number of hydrogen-bond donors (Lipinski definition) is 0. The molecule has 0 spiro atoms. The summed E-state index contributed by atoms with van der Waals surface area (Å²) in [5, 5.41) is 0. The highest BCUT2D eigenvalue weighted by atomic mass is 14.1. The minimum absolute atomic E-state index is 0.608. The molecule has 0 aromatic carbocycles. The third-order valence-corrected chi connectivity index (χ3v) is 2.06. The van der Waals surface area contributed by atoms with E-state index in [0.29, 0.717) is 11.8 Å². The second kappa shape index (κ2) is 4.32. The average molecular weight is 138 g/mol. The minimum atomic E-state index is 0.608. The van der Waals surface area contributed by atoms with Gasteiger partial charge in [0.2, 0.25) is 0 Å². The standard InChI is InChI=1S/C10H18/c1-6-7-9(4)10(5)8(2)3/h6-7,9-10H,2H2,1,3-5H3. The largest absolute Gasteiger partial charge is 0.0998 e. The van der Waals surface area contributed by atoms with Crippen molar-refractivity contribution in [2.45, 2.75) is 27.7 Å². The predicted octanol–water partition coefficient (Wildman–Crippen LogP) is 3.41. The van der Waals surface area contributed by atoms with Gasteiger partial charge in [-0.05, 0) is 25.7 Å². The van der Waals surface area contributed by atoms with E-state index in [-0.39, 0.29) is 0 Å². The third-order valence-electron chi connectivity index (χ3n) is 2.06. The molecule has 2 unspecified atom stereocenters. The zero-order valence-corrected chi connectivity index (χ0v) is 7.52. The van der Waals surface area contributed by atoms with E-state index >= 15 is 0 Å². The Balaban J connectivity index is 3.93. The molecule has 0 aliphatic carbocycles. The molecular weight excluding hydrogens is 120 g/mol. The number of hydrogen-bond acceptors (Lipinski definition) is 0. The molecule has 0 heterocycles. The second-order valence-corrected chi connectivity index (χ2v) is 3.02. The molecule has 0 fully saturated rings. The molecule has 0 aromatic heterocycles. The van der Waals surface area contributed by atoms with Crippen LogP contribution in [0.25, 0.3) is 0 Å². The maximum atomic E-state index is 3.92. The van der Waals surface area contributed by atoms with Crippen LogP contribution in [-0.4, -0.2) is 0 Å². The molecular formula is C10H18. The topological polar surface area (TPSA) is 0 Å². The van der Waals surface area contributed by atoms with E-state index < -0.39 is 0 Å². The van der Waals surface area contributed by atoms with E-state index in [1.807, 2.05) is 0 Å². The summed E-state index contributed by atoms with van der Waals surface area (Å²) in [6, 6.07) is 0. The van der Waals surface area contributed by atoms with E-state index in [1.165, 1.54) is 5.57 Å².